The van der Waals surface area contributed by atoms with Crippen LogP contribution in [-0.2, 0) is 9.84 Å². The quantitative estimate of drug-likeness (QED) is 0.843. The molecule has 0 amide bonds. The van der Waals surface area contributed by atoms with Crippen molar-refractivity contribution in [1.29, 1.82) is 5.26 Å². The number of hydrogen-bond donors (Lipinski definition) is 0. The molecule has 0 aromatic heterocycles. The maximum atomic E-state index is 11.4. The smallest absolute Gasteiger partial charge is 0.175 e. The number of nitrogens with zero attached hydrogens (tertiary/aromatic N) is 1. The zero-order valence-electron chi connectivity index (χ0n) is 10.7. The van der Waals surface area contributed by atoms with Gasteiger partial charge in [-0.25, -0.2) is 8.42 Å². The normalized spacial score (nSPS) is 11.0. The first-order valence-electron chi connectivity index (χ1n) is 5.73. The number of aryl methyl sites for hydroxylation is 1. The van der Waals surface area contributed by atoms with Crippen LogP contribution in [0.3, 0.4) is 0 Å². The van der Waals surface area contributed by atoms with Crippen molar-refractivity contribution < 1.29 is 8.42 Å². The molecule has 2 aromatic carbocycles. The molecule has 0 aliphatic rings. The van der Waals surface area contributed by atoms with Crippen molar-refractivity contribution in [3.63, 3.8) is 0 Å². The zero-order valence-corrected chi connectivity index (χ0v) is 11.5. The van der Waals surface area contributed by atoms with Crippen molar-refractivity contribution in [2.45, 2.75) is 11.8 Å². The molecule has 2 aromatic rings. The minimum atomic E-state index is -3.19. The summed E-state index contributed by atoms with van der Waals surface area (Å²) in [7, 11) is -3.19. The van der Waals surface area contributed by atoms with Crippen LogP contribution in [0.25, 0.3) is 11.1 Å². The van der Waals surface area contributed by atoms with E-state index in [0.29, 0.717) is 5.56 Å². The van der Waals surface area contributed by atoms with Crippen LogP contribution in [0.5, 0.6) is 0 Å². The van der Waals surface area contributed by atoms with E-state index in [-0.39, 0.29) is 4.90 Å². The predicted molar refractivity (Wildman–Crippen MR) is 74.4 cm³/mol. The molecule has 0 saturated heterocycles. The highest BCUT2D eigenvalue weighted by Gasteiger charge is 2.10. The molecule has 0 saturated carbocycles. The average molecular weight is 271 g/mol. The van der Waals surface area contributed by atoms with Gasteiger partial charge in [0, 0.05) is 6.26 Å². The molecule has 0 unspecified atom stereocenters. The van der Waals surface area contributed by atoms with Gasteiger partial charge in [-0.1, -0.05) is 30.3 Å². The van der Waals surface area contributed by atoms with Gasteiger partial charge in [-0.3, -0.25) is 0 Å². The first-order valence-corrected chi connectivity index (χ1v) is 7.63. The first-order chi connectivity index (χ1) is 8.93. The van der Waals surface area contributed by atoms with Crippen LogP contribution in [0.2, 0.25) is 0 Å². The second-order valence-corrected chi connectivity index (χ2v) is 6.42. The lowest BCUT2D eigenvalue weighted by molar-refractivity contribution is 0.602. The average Bonchev–Trinajstić information content (AvgIpc) is 2.37. The van der Waals surface area contributed by atoms with Crippen molar-refractivity contribution in [2.75, 3.05) is 6.26 Å². The molecule has 4 heteroatoms. The van der Waals surface area contributed by atoms with E-state index in [9.17, 15) is 13.7 Å². The lowest BCUT2D eigenvalue weighted by Crippen LogP contribution is -1.96. The molecular formula is C15H13NO2S. The molecule has 19 heavy (non-hydrogen) atoms. The summed E-state index contributed by atoms with van der Waals surface area (Å²) in [4.78, 5) is 0.280. The number of hydrogen-bond acceptors (Lipinski definition) is 3. The monoisotopic (exact) mass is 271 g/mol. The van der Waals surface area contributed by atoms with Crippen molar-refractivity contribution >= 4 is 9.84 Å². The lowest BCUT2D eigenvalue weighted by Gasteiger charge is -2.07. The minimum absolute atomic E-state index is 0.280. The molecular weight excluding hydrogens is 258 g/mol. The van der Waals surface area contributed by atoms with Crippen LogP contribution in [0.1, 0.15) is 11.1 Å². The lowest BCUT2D eigenvalue weighted by atomic mass is 9.97. The highest BCUT2D eigenvalue weighted by molar-refractivity contribution is 7.90. The Bertz CT molecular complexity index is 754. The molecule has 0 fully saturated rings. The summed E-state index contributed by atoms with van der Waals surface area (Å²) in [6.45, 7) is 1.88. The van der Waals surface area contributed by atoms with E-state index in [4.69, 9.17) is 0 Å². The standard InChI is InChI=1S/C15H13NO2S/c1-11-4-3-5-14(15(11)10-16)12-6-8-13(9-7-12)19(2,17)18/h3-9H,1-2H3. The Kier molecular flexibility index (Phi) is 3.41. The summed E-state index contributed by atoms with van der Waals surface area (Å²) >= 11 is 0. The number of rotatable bonds is 2. The van der Waals surface area contributed by atoms with Gasteiger partial charge in [0.25, 0.3) is 0 Å². The Morgan fingerprint density at radius 1 is 1.05 bits per heavy atom. The van der Waals surface area contributed by atoms with E-state index in [0.717, 1.165) is 16.7 Å². The highest BCUT2D eigenvalue weighted by Crippen LogP contribution is 2.26. The summed E-state index contributed by atoms with van der Waals surface area (Å²) in [5.41, 5.74) is 3.19. The van der Waals surface area contributed by atoms with Crippen molar-refractivity contribution in [3.8, 4) is 17.2 Å². The van der Waals surface area contributed by atoms with Gasteiger partial charge in [-0.05, 0) is 35.7 Å². The van der Waals surface area contributed by atoms with Crippen molar-refractivity contribution in [1.82, 2.24) is 0 Å². The van der Waals surface area contributed by atoms with Gasteiger partial charge in [0.1, 0.15) is 6.07 Å². The maximum Gasteiger partial charge on any atom is 0.175 e. The fraction of sp³-hybridized carbons (Fsp3) is 0.133. The molecule has 0 N–H and O–H groups in total. The van der Waals surface area contributed by atoms with Crippen LogP contribution < -0.4 is 0 Å². The zero-order chi connectivity index (χ0) is 14.0. The van der Waals surface area contributed by atoms with Crippen LogP contribution in [0, 0.1) is 18.3 Å². The number of sulfone groups is 1. The minimum Gasteiger partial charge on any atom is -0.224 e. The molecule has 2 rings (SSSR count). The second-order valence-electron chi connectivity index (χ2n) is 4.41. The van der Waals surface area contributed by atoms with Gasteiger partial charge < -0.3 is 0 Å². The van der Waals surface area contributed by atoms with Gasteiger partial charge in [-0.15, -0.1) is 0 Å². The Hall–Kier alpha value is -2.12. The predicted octanol–water partition coefficient (Wildman–Crippen LogP) is 2.94. The summed E-state index contributed by atoms with van der Waals surface area (Å²) < 4.78 is 22.8. The van der Waals surface area contributed by atoms with E-state index in [2.05, 4.69) is 6.07 Å². The van der Waals surface area contributed by atoms with Crippen molar-refractivity contribution in [3.05, 3.63) is 53.6 Å². The number of nitriles is 1. The van der Waals surface area contributed by atoms with Crippen LogP contribution in [-0.4, -0.2) is 14.7 Å². The molecule has 0 atom stereocenters. The third-order valence-electron chi connectivity index (χ3n) is 2.98. The van der Waals surface area contributed by atoms with Crippen molar-refractivity contribution in [2.24, 2.45) is 0 Å². The van der Waals surface area contributed by atoms with Gasteiger partial charge in [0.15, 0.2) is 9.84 Å². The second kappa shape index (κ2) is 4.87. The van der Waals surface area contributed by atoms with Gasteiger partial charge in [0.2, 0.25) is 0 Å². The Morgan fingerprint density at radius 2 is 1.68 bits per heavy atom. The Labute approximate surface area is 113 Å². The van der Waals surface area contributed by atoms with Gasteiger partial charge in [-0.2, -0.15) is 5.26 Å². The molecule has 3 nitrogen and oxygen atoms in total. The summed E-state index contributed by atoms with van der Waals surface area (Å²) in [6, 6.07) is 14.4. The van der Waals surface area contributed by atoms with E-state index >= 15 is 0 Å². The highest BCUT2D eigenvalue weighted by atomic mass is 32.2. The van der Waals surface area contributed by atoms with E-state index in [1.165, 1.54) is 6.26 Å². The molecule has 96 valence electrons. The first kappa shape index (κ1) is 13.3. The largest absolute Gasteiger partial charge is 0.224 e. The van der Waals surface area contributed by atoms with Crippen LogP contribution in [0.15, 0.2) is 47.4 Å². The third kappa shape index (κ3) is 2.67. The fourth-order valence-electron chi connectivity index (χ4n) is 1.94. The van der Waals surface area contributed by atoms with Gasteiger partial charge in [0.05, 0.1) is 10.5 Å². The molecule has 0 bridgehead atoms. The Balaban J connectivity index is 2.56. The van der Waals surface area contributed by atoms with Crippen LogP contribution >= 0.6 is 0 Å². The molecule has 0 aliphatic carbocycles. The fourth-order valence-corrected chi connectivity index (χ4v) is 2.57. The molecule has 0 radical (unpaired) electrons. The third-order valence-corrected chi connectivity index (χ3v) is 4.11. The molecule has 0 spiro atoms. The topological polar surface area (TPSA) is 57.9 Å². The number of benzene rings is 2. The molecule has 0 heterocycles. The van der Waals surface area contributed by atoms with Gasteiger partial charge >= 0.3 is 0 Å². The molecule has 0 aliphatic heterocycles. The van der Waals surface area contributed by atoms with Crippen LogP contribution in [0.4, 0.5) is 0 Å². The maximum absolute atomic E-state index is 11.4. The van der Waals surface area contributed by atoms with E-state index in [1.807, 2.05) is 25.1 Å². The summed E-state index contributed by atoms with van der Waals surface area (Å²) in [5.74, 6) is 0. The summed E-state index contributed by atoms with van der Waals surface area (Å²) in [5, 5.41) is 9.20. The SMILES string of the molecule is Cc1cccc(-c2ccc(S(C)(=O)=O)cc2)c1C#N. The Morgan fingerprint density at radius 3 is 2.21 bits per heavy atom. The van der Waals surface area contributed by atoms with E-state index in [1.54, 1.807) is 24.3 Å². The summed E-state index contributed by atoms with van der Waals surface area (Å²) in [6.07, 6.45) is 1.18. The van der Waals surface area contributed by atoms with E-state index < -0.39 is 9.84 Å².